The number of ether oxygens (including phenoxy) is 2. The highest BCUT2D eigenvalue weighted by Gasteiger charge is 2.31. The van der Waals surface area contributed by atoms with Crippen LogP contribution in [0, 0.1) is 0 Å². The number of aromatic nitrogens is 2. The normalized spacial score (nSPS) is 18.1. The Morgan fingerprint density at radius 3 is 2.65 bits per heavy atom. The van der Waals surface area contributed by atoms with Crippen LogP contribution in [0.3, 0.4) is 0 Å². The predicted octanol–water partition coefficient (Wildman–Crippen LogP) is 2.39. The number of aryl methyl sites for hydroxylation is 1. The Labute approximate surface area is 135 Å². The van der Waals surface area contributed by atoms with E-state index in [1.807, 2.05) is 44.4 Å². The first-order valence-corrected chi connectivity index (χ1v) is 7.87. The van der Waals surface area contributed by atoms with Crippen LogP contribution in [0.25, 0.3) is 0 Å². The highest BCUT2D eigenvalue weighted by molar-refractivity contribution is 5.97. The van der Waals surface area contributed by atoms with Gasteiger partial charge in [-0.25, -0.2) is 0 Å². The van der Waals surface area contributed by atoms with Crippen molar-refractivity contribution in [3.63, 3.8) is 0 Å². The minimum Gasteiger partial charge on any atom is -0.494 e. The van der Waals surface area contributed by atoms with Gasteiger partial charge in [0.25, 0.3) is 5.91 Å². The molecule has 0 unspecified atom stereocenters. The van der Waals surface area contributed by atoms with E-state index in [1.165, 1.54) is 0 Å². The van der Waals surface area contributed by atoms with Crippen molar-refractivity contribution in [2.45, 2.75) is 25.9 Å². The molecule has 1 aliphatic rings. The van der Waals surface area contributed by atoms with Crippen LogP contribution in [0.4, 0.5) is 5.69 Å². The van der Waals surface area contributed by atoms with Crippen molar-refractivity contribution < 1.29 is 14.3 Å². The van der Waals surface area contributed by atoms with Crippen molar-refractivity contribution in [3.05, 3.63) is 36.7 Å². The molecule has 1 aromatic carbocycles. The predicted molar refractivity (Wildman–Crippen MR) is 86.8 cm³/mol. The summed E-state index contributed by atoms with van der Waals surface area (Å²) in [4.78, 5) is 14.4. The first-order valence-electron chi connectivity index (χ1n) is 7.87. The van der Waals surface area contributed by atoms with Crippen LogP contribution < -0.4 is 14.4 Å². The molecule has 0 N–H and O–H groups in total. The molecule has 0 saturated carbocycles. The van der Waals surface area contributed by atoms with Gasteiger partial charge in [-0.1, -0.05) is 0 Å². The number of hydrogen-bond acceptors (Lipinski definition) is 4. The summed E-state index contributed by atoms with van der Waals surface area (Å²) < 4.78 is 13.0. The summed E-state index contributed by atoms with van der Waals surface area (Å²) in [6.45, 7) is 3.27. The van der Waals surface area contributed by atoms with Gasteiger partial charge in [0.05, 0.1) is 18.5 Å². The van der Waals surface area contributed by atoms with Crippen LogP contribution in [0.1, 0.15) is 19.8 Å². The molecule has 2 aromatic rings. The quantitative estimate of drug-likeness (QED) is 0.850. The molecule has 1 atom stereocenters. The average Bonchev–Trinajstić information content (AvgIpc) is 2.98. The Morgan fingerprint density at radius 1 is 1.26 bits per heavy atom. The standard InChI is InChI=1S/C17H21N3O3/c1-3-22-14-6-8-15(9-7-14)23-16-5-4-10-20(17(16)21)13-11-18-19(2)12-13/h6-9,11-12,16H,3-5,10H2,1-2H3/t16-/m1/s1. The third-order valence-corrected chi connectivity index (χ3v) is 3.81. The van der Waals surface area contributed by atoms with Gasteiger partial charge in [-0.15, -0.1) is 0 Å². The lowest BCUT2D eigenvalue weighted by molar-refractivity contribution is -0.126. The van der Waals surface area contributed by atoms with Crippen LogP contribution in [0.15, 0.2) is 36.7 Å². The van der Waals surface area contributed by atoms with E-state index < -0.39 is 6.10 Å². The van der Waals surface area contributed by atoms with E-state index in [0.29, 0.717) is 18.9 Å². The van der Waals surface area contributed by atoms with Gasteiger partial charge in [-0.3, -0.25) is 9.48 Å². The maximum absolute atomic E-state index is 12.6. The summed E-state index contributed by atoms with van der Waals surface area (Å²) in [6, 6.07) is 7.37. The van der Waals surface area contributed by atoms with Crippen LogP contribution in [-0.4, -0.2) is 34.9 Å². The van der Waals surface area contributed by atoms with Gasteiger partial charge in [-0.2, -0.15) is 5.10 Å². The molecule has 0 spiro atoms. The van der Waals surface area contributed by atoms with E-state index in [1.54, 1.807) is 15.8 Å². The van der Waals surface area contributed by atoms with Crippen molar-refractivity contribution in [1.82, 2.24) is 9.78 Å². The fourth-order valence-corrected chi connectivity index (χ4v) is 2.70. The number of piperidine rings is 1. The highest BCUT2D eigenvalue weighted by Crippen LogP contribution is 2.25. The second kappa shape index (κ2) is 6.73. The lowest BCUT2D eigenvalue weighted by Crippen LogP contribution is -2.46. The van der Waals surface area contributed by atoms with Crippen LogP contribution in [-0.2, 0) is 11.8 Å². The number of carbonyl (C=O) groups is 1. The van der Waals surface area contributed by atoms with Crippen LogP contribution >= 0.6 is 0 Å². The third kappa shape index (κ3) is 3.47. The van der Waals surface area contributed by atoms with Crippen molar-refractivity contribution in [2.75, 3.05) is 18.1 Å². The zero-order valence-electron chi connectivity index (χ0n) is 13.4. The Kier molecular flexibility index (Phi) is 4.50. The average molecular weight is 315 g/mol. The summed E-state index contributed by atoms with van der Waals surface area (Å²) in [5.41, 5.74) is 0.817. The number of carbonyl (C=O) groups excluding carboxylic acids is 1. The molecule has 122 valence electrons. The third-order valence-electron chi connectivity index (χ3n) is 3.81. The molecule has 1 amide bonds. The first-order chi connectivity index (χ1) is 11.2. The minimum atomic E-state index is -0.457. The maximum atomic E-state index is 12.6. The molecule has 1 aliphatic heterocycles. The summed E-state index contributed by atoms with van der Waals surface area (Å²) in [6.07, 6.45) is 4.72. The van der Waals surface area contributed by atoms with E-state index in [2.05, 4.69) is 5.10 Å². The van der Waals surface area contributed by atoms with Gasteiger partial charge >= 0.3 is 0 Å². The van der Waals surface area contributed by atoms with Crippen LogP contribution in [0.5, 0.6) is 11.5 Å². The van der Waals surface area contributed by atoms with Gasteiger partial charge in [0.15, 0.2) is 6.10 Å². The molecule has 1 fully saturated rings. The topological polar surface area (TPSA) is 56.6 Å². The fraction of sp³-hybridized carbons (Fsp3) is 0.412. The van der Waals surface area contributed by atoms with E-state index >= 15 is 0 Å². The summed E-state index contributed by atoms with van der Waals surface area (Å²) >= 11 is 0. The lowest BCUT2D eigenvalue weighted by atomic mass is 10.1. The maximum Gasteiger partial charge on any atom is 0.268 e. The van der Waals surface area contributed by atoms with Gasteiger partial charge in [0.2, 0.25) is 0 Å². The summed E-state index contributed by atoms with van der Waals surface area (Å²) in [7, 11) is 1.84. The number of rotatable bonds is 5. The second-order valence-electron chi connectivity index (χ2n) is 5.52. The van der Waals surface area contributed by atoms with E-state index in [-0.39, 0.29) is 5.91 Å². The van der Waals surface area contributed by atoms with Gasteiger partial charge in [-0.05, 0) is 44.0 Å². The molecule has 0 aliphatic carbocycles. The Balaban J connectivity index is 1.68. The molecule has 6 heteroatoms. The highest BCUT2D eigenvalue weighted by atomic mass is 16.5. The molecule has 1 saturated heterocycles. The number of hydrogen-bond donors (Lipinski definition) is 0. The molecule has 0 bridgehead atoms. The van der Waals surface area contributed by atoms with E-state index in [9.17, 15) is 4.79 Å². The van der Waals surface area contributed by atoms with Crippen molar-refractivity contribution in [3.8, 4) is 11.5 Å². The SMILES string of the molecule is CCOc1ccc(O[C@@H]2CCCN(c3cnn(C)c3)C2=O)cc1. The summed E-state index contributed by atoms with van der Waals surface area (Å²) in [5.74, 6) is 1.46. The van der Waals surface area contributed by atoms with Gasteiger partial charge < -0.3 is 14.4 Å². The fourth-order valence-electron chi connectivity index (χ4n) is 2.70. The van der Waals surface area contributed by atoms with Crippen molar-refractivity contribution >= 4 is 11.6 Å². The smallest absolute Gasteiger partial charge is 0.268 e. The molecular weight excluding hydrogens is 294 g/mol. The number of nitrogens with zero attached hydrogens (tertiary/aromatic N) is 3. The molecule has 0 radical (unpaired) electrons. The Morgan fingerprint density at radius 2 is 2.00 bits per heavy atom. The van der Waals surface area contributed by atoms with Gasteiger partial charge in [0.1, 0.15) is 11.5 Å². The monoisotopic (exact) mass is 315 g/mol. The molecule has 23 heavy (non-hydrogen) atoms. The Bertz CT molecular complexity index is 666. The van der Waals surface area contributed by atoms with E-state index in [4.69, 9.17) is 9.47 Å². The molecular formula is C17H21N3O3. The molecule has 3 rings (SSSR count). The van der Waals surface area contributed by atoms with Crippen molar-refractivity contribution in [2.24, 2.45) is 7.05 Å². The van der Waals surface area contributed by atoms with E-state index in [0.717, 1.165) is 24.3 Å². The first kappa shape index (κ1) is 15.4. The number of anilines is 1. The molecule has 2 heterocycles. The molecule has 6 nitrogen and oxygen atoms in total. The number of amides is 1. The largest absolute Gasteiger partial charge is 0.494 e. The molecule has 1 aromatic heterocycles. The van der Waals surface area contributed by atoms with Gasteiger partial charge in [0, 0.05) is 19.8 Å². The van der Waals surface area contributed by atoms with Crippen LogP contribution in [0.2, 0.25) is 0 Å². The zero-order chi connectivity index (χ0) is 16.2. The lowest BCUT2D eigenvalue weighted by Gasteiger charge is -2.31. The number of benzene rings is 1. The van der Waals surface area contributed by atoms with Crippen molar-refractivity contribution in [1.29, 1.82) is 0 Å². The Hall–Kier alpha value is -2.50. The minimum absolute atomic E-state index is 0.0156. The second-order valence-corrected chi connectivity index (χ2v) is 5.52. The zero-order valence-corrected chi connectivity index (χ0v) is 13.4. The summed E-state index contributed by atoms with van der Waals surface area (Å²) in [5, 5.41) is 4.13.